The lowest BCUT2D eigenvalue weighted by atomic mass is 10.1. The fraction of sp³-hybridized carbons (Fsp3) is 0.619. The summed E-state index contributed by atoms with van der Waals surface area (Å²) in [5.41, 5.74) is 2.37. The number of carboxylic acid groups (broad SMARTS) is 1. The monoisotopic (exact) mass is 411 g/mol. The van der Waals surface area contributed by atoms with Crippen LogP contribution in [-0.4, -0.2) is 77.5 Å². The molecule has 1 heterocycles. The first-order valence-corrected chi connectivity index (χ1v) is 9.75. The minimum absolute atomic E-state index is 0. The number of amides is 1. The Hall–Kier alpha value is -1.63. The van der Waals surface area contributed by atoms with Gasteiger partial charge in [0.15, 0.2) is 0 Å². The lowest BCUT2D eigenvalue weighted by Crippen LogP contribution is -2.46. The van der Waals surface area contributed by atoms with Gasteiger partial charge in [0.25, 0.3) is 0 Å². The van der Waals surface area contributed by atoms with E-state index in [0.29, 0.717) is 6.54 Å². The molecule has 0 aliphatic carbocycles. The van der Waals surface area contributed by atoms with E-state index >= 15 is 0 Å². The Morgan fingerprint density at radius 1 is 1.21 bits per heavy atom. The van der Waals surface area contributed by atoms with Crippen molar-refractivity contribution in [3.63, 3.8) is 0 Å². The highest BCUT2D eigenvalue weighted by atomic mass is 35.5. The molecule has 1 N–H and O–H groups in total. The molecule has 6 nitrogen and oxygen atoms in total. The molecule has 2 rings (SSSR count). The number of carbonyl (C=O) groups is 2. The van der Waals surface area contributed by atoms with Crippen molar-refractivity contribution >= 4 is 24.3 Å². The predicted octanol–water partition coefficient (Wildman–Crippen LogP) is 2.63. The predicted molar refractivity (Wildman–Crippen MR) is 114 cm³/mol. The first-order valence-electron chi connectivity index (χ1n) is 9.75. The third-order valence-electron chi connectivity index (χ3n) is 5.69. The van der Waals surface area contributed by atoms with Crippen LogP contribution in [0.4, 0.5) is 0 Å². The van der Waals surface area contributed by atoms with E-state index in [9.17, 15) is 9.59 Å². The Bertz CT molecular complexity index is 656. The van der Waals surface area contributed by atoms with E-state index in [1.54, 1.807) is 0 Å². The number of likely N-dealkylation sites (tertiary alicyclic amines) is 1. The number of hydrogen-bond acceptors (Lipinski definition) is 4. The van der Waals surface area contributed by atoms with Crippen LogP contribution >= 0.6 is 12.4 Å². The summed E-state index contributed by atoms with van der Waals surface area (Å²) in [6.07, 6.45) is 2.84. The molecule has 1 aliphatic rings. The summed E-state index contributed by atoms with van der Waals surface area (Å²) in [6, 6.07) is 8.25. The molecule has 0 radical (unpaired) electrons. The average molecular weight is 412 g/mol. The van der Waals surface area contributed by atoms with Gasteiger partial charge < -0.3 is 10.0 Å². The van der Waals surface area contributed by atoms with Gasteiger partial charge >= 0.3 is 5.97 Å². The maximum atomic E-state index is 12.9. The van der Waals surface area contributed by atoms with E-state index in [-0.39, 0.29) is 36.9 Å². The molecule has 0 aromatic heterocycles. The quantitative estimate of drug-likeness (QED) is 0.747. The van der Waals surface area contributed by atoms with Gasteiger partial charge in [-0.05, 0) is 57.8 Å². The summed E-state index contributed by atoms with van der Waals surface area (Å²) in [5, 5.41) is 9.00. The van der Waals surface area contributed by atoms with E-state index in [1.165, 1.54) is 11.1 Å². The Morgan fingerprint density at radius 2 is 1.89 bits per heavy atom. The topological polar surface area (TPSA) is 64.1 Å². The van der Waals surface area contributed by atoms with Gasteiger partial charge in [-0.1, -0.05) is 24.3 Å². The van der Waals surface area contributed by atoms with Crippen LogP contribution in [0, 0.1) is 6.92 Å². The number of aryl methyl sites for hydroxylation is 1. The Morgan fingerprint density at radius 3 is 2.54 bits per heavy atom. The number of likely N-dealkylation sites (N-methyl/N-ethyl adjacent to an activating group) is 2. The number of carboxylic acids is 1. The zero-order chi connectivity index (χ0) is 20.0. The number of rotatable bonds is 7. The van der Waals surface area contributed by atoms with E-state index in [4.69, 9.17) is 5.11 Å². The molecule has 2 atom stereocenters. The van der Waals surface area contributed by atoms with Gasteiger partial charge in [0, 0.05) is 26.2 Å². The molecule has 28 heavy (non-hydrogen) atoms. The summed E-state index contributed by atoms with van der Waals surface area (Å²) in [7, 11) is 3.74. The fourth-order valence-corrected chi connectivity index (χ4v) is 3.87. The van der Waals surface area contributed by atoms with Crippen molar-refractivity contribution in [1.29, 1.82) is 0 Å². The maximum absolute atomic E-state index is 12.9. The van der Waals surface area contributed by atoms with E-state index in [2.05, 4.69) is 24.0 Å². The minimum atomic E-state index is -0.792. The summed E-state index contributed by atoms with van der Waals surface area (Å²) in [5.74, 6) is -0.657. The Balaban J connectivity index is 0.00000392. The molecule has 0 bridgehead atoms. The Labute approximate surface area is 174 Å². The number of aliphatic carboxylic acids is 1. The minimum Gasteiger partial charge on any atom is -0.480 e. The molecule has 158 valence electrons. The largest absolute Gasteiger partial charge is 0.480 e. The molecule has 1 aromatic rings. The molecule has 1 amide bonds. The molecule has 0 saturated carbocycles. The van der Waals surface area contributed by atoms with Crippen LogP contribution in [0.25, 0.3) is 0 Å². The third-order valence-corrected chi connectivity index (χ3v) is 5.69. The van der Waals surface area contributed by atoms with Gasteiger partial charge in [0.05, 0.1) is 12.6 Å². The van der Waals surface area contributed by atoms with Crippen LogP contribution < -0.4 is 0 Å². The first-order chi connectivity index (χ1) is 12.8. The number of halogens is 1. The van der Waals surface area contributed by atoms with Crippen molar-refractivity contribution in [2.45, 2.75) is 51.7 Å². The molecule has 2 unspecified atom stereocenters. The molecule has 7 heteroatoms. The summed E-state index contributed by atoms with van der Waals surface area (Å²) < 4.78 is 0. The van der Waals surface area contributed by atoms with Crippen molar-refractivity contribution in [3.05, 3.63) is 35.4 Å². The first kappa shape index (κ1) is 24.4. The highest BCUT2D eigenvalue weighted by Gasteiger charge is 2.28. The SMILES string of the molecule is Cc1ccccc1CN(C)C(=O)C(C)N1CCCC(N(C)CC(=O)O)CC1.Cl. The van der Waals surface area contributed by atoms with Crippen molar-refractivity contribution < 1.29 is 14.7 Å². The smallest absolute Gasteiger partial charge is 0.317 e. The number of carbonyl (C=O) groups excluding carboxylic acids is 1. The van der Waals surface area contributed by atoms with Gasteiger partial charge in [0.2, 0.25) is 5.91 Å². The maximum Gasteiger partial charge on any atom is 0.317 e. The van der Waals surface area contributed by atoms with Gasteiger partial charge in [-0.25, -0.2) is 0 Å². The Kier molecular flexibility index (Phi) is 9.93. The third kappa shape index (κ3) is 6.76. The molecule has 0 spiro atoms. The zero-order valence-electron chi connectivity index (χ0n) is 17.4. The highest BCUT2D eigenvalue weighted by molar-refractivity contribution is 5.85. The van der Waals surface area contributed by atoms with Crippen LogP contribution in [0.2, 0.25) is 0 Å². The summed E-state index contributed by atoms with van der Waals surface area (Å²) in [6.45, 7) is 6.44. The fourth-order valence-electron chi connectivity index (χ4n) is 3.87. The van der Waals surface area contributed by atoms with E-state index < -0.39 is 5.97 Å². The molecular formula is C21H34ClN3O3. The van der Waals surface area contributed by atoms with Gasteiger partial charge in [0.1, 0.15) is 0 Å². The van der Waals surface area contributed by atoms with Crippen LogP contribution in [0.3, 0.4) is 0 Å². The van der Waals surface area contributed by atoms with E-state index in [1.807, 2.05) is 43.0 Å². The molecule has 1 aromatic carbocycles. The molecular weight excluding hydrogens is 378 g/mol. The number of nitrogens with zero attached hydrogens (tertiary/aromatic N) is 3. The second-order valence-electron chi connectivity index (χ2n) is 7.73. The lowest BCUT2D eigenvalue weighted by Gasteiger charge is -2.31. The van der Waals surface area contributed by atoms with Crippen LogP contribution in [0.1, 0.15) is 37.3 Å². The standard InChI is InChI=1S/C21H33N3O3.ClH/c1-16-8-5-6-9-18(16)14-23(4)21(27)17(2)24-12-7-10-19(11-13-24)22(3)15-20(25)26;/h5-6,8-9,17,19H,7,10-15H2,1-4H3,(H,25,26);1H. The summed E-state index contributed by atoms with van der Waals surface area (Å²) >= 11 is 0. The van der Waals surface area contributed by atoms with Crippen molar-refractivity contribution in [2.24, 2.45) is 0 Å². The number of benzene rings is 1. The van der Waals surface area contributed by atoms with Crippen LogP contribution in [0.15, 0.2) is 24.3 Å². The number of hydrogen-bond donors (Lipinski definition) is 1. The molecule has 1 saturated heterocycles. The van der Waals surface area contributed by atoms with Crippen molar-refractivity contribution in [1.82, 2.24) is 14.7 Å². The molecule has 1 fully saturated rings. The normalized spacial score (nSPS) is 18.8. The van der Waals surface area contributed by atoms with Crippen LogP contribution in [-0.2, 0) is 16.1 Å². The van der Waals surface area contributed by atoms with Crippen molar-refractivity contribution in [2.75, 3.05) is 33.7 Å². The van der Waals surface area contributed by atoms with Gasteiger partial charge in [-0.3, -0.25) is 19.4 Å². The van der Waals surface area contributed by atoms with Crippen molar-refractivity contribution in [3.8, 4) is 0 Å². The second-order valence-corrected chi connectivity index (χ2v) is 7.73. The van der Waals surface area contributed by atoms with Gasteiger partial charge in [-0.2, -0.15) is 0 Å². The lowest BCUT2D eigenvalue weighted by molar-refractivity contribution is -0.138. The zero-order valence-corrected chi connectivity index (χ0v) is 18.2. The van der Waals surface area contributed by atoms with Crippen LogP contribution in [0.5, 0.6) is 0 Å². The highest BCUT2D eigenvalue weighted by Crippen LogP contribution is 2.19. The van der Waals surface area contributed by atoms with E-state index in [0.717, 1.165) is 32.4 Å². The second kappa shape index (κ2) is 11.4. The average Bonchev–Trinajstić information content (AvgIpc) is 2.88. The van der Waals surface area contributed by atoms with Gasteiger partial charge in [-0.15, -0.1) is 12.4 Å². The summed E-state index contributed by atoms with van der Waals surface area (Å²) in [4.78, 5) is 29.8. The molecule has 1 aliphatic heterocycles.